The van der Waals surface area contributed by atoms with Gasteiger partial charge in [-0.1, -0.05) is 62.4 Å². The van der Waals surface area contributed by atoms with Crippen LogP contribution in [0.1, 0.15) is 37.3 Å². The highest BCUT2D eigenvalue weighted by Crippen LogP contribution is 2.44. The third-order valence-electron chi connectivity index (χ3n) is 5.89. The number of halogens is 3. The van der Waals surface area contributed by atoms with Crippen molar-refractivity contribution >= 4 is 18.0 Å². The van der Waals surface area contributed by atoms with E-state index in [1.165, 1.54) is 0 Å². The number of alkyl halides is 3. The Bertz CT molecular complexity index is 1060. The minimum atomic E-state index is -4.97. The van der Waals surface area contributed by atoms with Crippen LogP contribution >= 0.6 is 0 Å². The molecule has 2 amide bonds. The minimum absolute atomic E-state index is 0.0265. The molecule has 0 saturated heterocycles. The van der Waals surface area contributed by atoms with Gasteiger partial charge in [0.1, 0.15) is 6.61 Å². The van der Waals surface area contributed by atoms with Crippen LogP contribution in [0.15, 0.2) is 48.5 Å². The van der Waals surface area contributed by atoms with E-state index in [9.17, 15) is 27.6 Å². The molecule has 0 fully saturated rings. The molecule has 1 unspecified atom stereocenters. The maximum atomic E-state index is 12.7. The number of alkyl carbamates (subject to hydrolysis) is 1. The Labute approximate surface area is 200 Å². The van der Waals surface area contributed by atoms with Gasteiger partial charge in [-0.25, -0.2) is 4.79 Å². The lowest BCUT2D eigenvalue weighted by atomic mass is 9.89. The van der Waals surface area contributed by atoms with Gasteiger partial charge >= 0.3 is 18.2 Å². The van der Waals surface area contributed by atoms with Gasteiger partial charge in [0.15, 0.2) is 5.92 Å². The van der Waals surface area contributed by atoms with Crippen molar-refractivity contribution < 1.29 is 37.4 Å². The second-order valence-electron chi connectivity index (χ2n) is 9.26. The maximum absolute atomic E-state index is 12.7. The standard InChI is InChI=1S/C25H27F3N2O5/c1-24(2,11-21(31)29-12-20(22(32)33)25(26,27)28)14-30-23(34)35-13-19-17-9-5-3-7-15(17)16-8-4-6-10-18(16)19/h3-10,19-20H,11-14H2,1-2H3,(H,29,31)(H,30,34)(H,32,33). The molecule has 0 heterocycles. The number of fused-ring (bicyclic) bond motifs is 3. The monoisotopic (exact) mass is 492 g/mol. The van der Waals surface area contributed by atoms with Crippen LogP contribution in [0.5, 0.6) is 0 Å². The van der Waals surface area contributed by atoms with Gasteiger partial charge in [-0.05, 0) is 27.7 Å². The van der Waals surface area contributed by atoms with E-state index in [0.29, 0.717) is 0 Å². The molecule has 1 atom stereocenters. The van der Waals surface area contributed by atoms with E-state index in [1.54, 1.807) is 13.8 Å². The van der Waals surface area contributed by atoms with E-state index in [4.69, 9.17) is 9.84 Å². The molecule has 188 valence electrons. The lowest BCUT2D eigenvalue weighted by Crippen LogP contribution is -2.43. The topological polar surface area (TPSA) is 105 Å². The third-order valence-corrected chi connectivity index (χ3v) is 5.89. The van der Waals surface area contributed by atoms with Gasteiger partial charge in [0.25, 0.3) is 0 Å². The molecule has 0 radical (unpaired) electrons. The summed E-state index contributed by atoms with van der Waals surface area (Å²) in [5.74, 6) is -5.61. The van der Waals surface area contributed by atoms with Gasteiger partial charge in [-0.15, -0.1) is 0 Å². The first-order valence-corrected chi connectivity index (χ1v) is 11.0. The highest BCUT2D eigenvalue weighted by atomic mass is 19.4. The number of aliphatic carboxylic acids is 1. The first-order valence-electron chi connectivity index (χ1n) is 11.0. The molecule has 35 heavy (non-hydrogen) atoms. The quantitative estimate of drug-likeness (QED) is 0.484. The Morgan fingerprint density at radius 3 is 2.03 bits per heavy atom. The predicted octanol–water partition coefficient (Wildman–Crippen LogP) is 4.32. The van der Waals surface area contributed by atoms with Crippen molar-refractivity contribution in [3.63, 3.8) is 0 Å². The fraction of sp³-hybridized carbons (Fsp3) is 0.400. The van der Waals surface area contributed by atoms with E-state index in [2.05, 4.69) is 5.32 Å². The number of carbonyl (C=O) groups excluding carboxylic acids is 2. The SMILES string of the molecule is CC(C)(CNC(=O)OCC1c2ccccc2-c2ccccc21)CC(=O)NCC(C(=O)O)C(F)(F)F. The normalized spacial score (nSPS) is 14.0. The zero-order valence-corrected chi connectivity index (χ0v) is 19.3. The molecule has 2 aromatic rings. The molecule has 10 heteroatoms. The summed E-state index contributed by atoms with van der Waals surface area (Å²) in [4.78, 5) is 35.2. The van der Waals surface area contributed by atoms with E-state index in [0.717, 1.165) is 22.3 Å². The number of ether oxygens (including phenoxy) is 1. The summed E-state index contributed by atoms with van der Waals surface area (Å²) in [6.45, 7) is 2.38. The number of carbonyl (C=O) groups is 3. The van der Waals surface area contributed by atoms with Crippen LogP contribution in [0, 0.1) is 11.3 Å². The van der Waals surface area contributed by atoms with Crippen LogP contribution in [0.3, 0.4) is 0 Å². The Kier molecular flexibility index (Phi) is 7.72. The second kappa shape index (κ2) is 10.4. The zero-order valence-electron chi connectivity index (χ0n) is 19.3. The largest absolute Gasteiger partial charge is 0.481 e. The zero-order chi connectivity index (χ0) is 25.8. The Morgan fingerprint density at radius 2 is 1.51 bits per heavy atom. The van der Waals surface area contributed by atoms with Crippen molar-refractivity contribution in [3.8, 4) is 11.1 Å². The molecule has 1 aliphatic rings. The van der Waals surface area contributed by atoms with Crippen molar-refractivity contribution in [1.82, 2.24) is 10.6 Å². The third kappa shape index (κ3) is 6.52. The van der Waals surface area contributed by atoms with Crippen molar-refractivity contribution in [2.75, 3.05) is 19.7 Å². The molecule has 0 saturated carbocycles. The molecule has 0 aliphatic heterocycles. The van der Waals surface area contributed by atoms with Gasteiger partial charge < -0.3 is 20.5 Å². The molecule has 2 aromatic carbocycles. The van der Waals surface area contributed by atoms with Gasteiger partial charge in [0, 0.05) is 25.4 Å². The van der Waals surface area contributed by atoms with Crippen LogP contribution in [-0.2, 0) is 14.3 Å². The molecule has 1 aliphatic carbocycles. The van der Waals surface area contributed by atoms with E-state index in [-0.39, 0.29) is 25.5 Å². The van der Waals surface area contributed by atoms with Crippen LogP contribution in [-0.4, -0.2) is 48.9 Å². The molecule has 0 bridgehead atoms. The molecular formula is C25H27F3N2O5. The number of nitrogens with one attached hydrogen (secondary N) is 2. The Balaban J connectivity index is 1.49. The van der Waals surface area contributed by atoms with Gasteiger partial charge in [-0.3, -0.25) is 9.59 Å². The van der Waals surface area contributed by atoms with Crippen LogP contribution in [0.4, 0.5) is 18.0 Å². The number of amides is 2. The lowest BCUT2D eigenvalue weighted by Gasteiger charge is -2.25. The smallest absolute Gasteiger partial charge is 0.407 e. The number of benzene rings is 2. The summed E-state index contributed by atoms with van der Waals surface area (Å²) in [5.41, 5.74) is 3.51. The highest BCUT2D eigenvalue weighted by Gasteiger charge is 2.45. The van der Waals surface area contributed by atoms with Crippen LogP contribution < -0.4 is 10.6 Å². The summed E-state index contributed by atoms with van der Waals surface area (Å²) in [6, 6.07) is 15.8. The maximum Gasteiger partial charge on any atom is 0.407 e. The summed E-state index contributed by atoms with van der Waals surface area (Å²) >= 11 is 0. The molecule has 3 N–H and O–H groups in total. The highest BCUT2D eigenvalue weighted by molar-refractivity contribution is 5.79. The summed E-state index contributed by atoms with van der Waals surface area (Å²) in [6.07, 6.45) is -5.87. The average molecular weight is 492 g/mol. The summed E-state index contributed by atoms with van der Waals surface area (Å²) in [7, 11) is 0. The molecule has 0 aromatic heterocycles. The summed E-state index contributed by atoms with van der Waals surface area (Å²) < 4.78 is 43.6. The number of rotatable bonds is 9. The Morgan fingerprint density at radius 1 is 0.971 bits per heavy atom. The van der Waals surface area contributed by atoms with Crippen molar-refractivity contribution in [1.29, 1.82) is 0 Å². The van der Waals surface area contributed by atoms with Crippen molar-refractivity contribution in [2.45, 2.75) is 32.4 Å². The predicted molar refractivity (Wildman–Crippen MR) is 122 cm³/mol. The van der Waals surface area contributed by atoms with Gasteiger partial charge in [0.2, 0.25) is 5.91 Å². The lowest BCUT2D eigenvalue weighted by molar-refractivity contribution is -0.192. The molecular weight excluding hydrogens is 465 g/mol. The van der Waals surface area contributed by atoms with E-state index >= 15 is 0 Å². The van der Waals surface area contributed by atoms with Gasteiger partial charge in [0.05, 0.1) is 0 Å². The first-order chi connectivity index (χ1) is 16.4. The van der Waals surface area contributed by atoms with Crippen molar-refractivity contribution in [2.24, 2.45) is 11.3 Å². The average Bonchev–Trinajstić information content (AvgIpc) is 3.09. The van der Waals surface area contributed by atoms with E-state index in [1.807, 2.05) is 53.8 Å². The molecule has 7 nitrogen and oxygen atoms in total. The van der Waals surface area contributed by atoms with Crippen LogP contribution in [0.25, 0.3) is 11.1 Å². The summed E-state index contributed by atoms with van der Waals surface area (Å²) in [5, 5.41) is 13.3. The second-order valence-corrected chi connectivity index (χ2v) is 9.26. The fourth-order valence-electron chi connectivity index (χ4n) is 4.08. The minimum Gasteiger partial charge on any atom is -0.481 e. The number of hydrogen-bond donors (Lipinski definition) is 3. The first kappa shape index (κ1) is 26.1. The number of hydrogen-bond acceptors (Lipinski definition) is 4. The Hall–Kier alpha value is -3.56. The van der Waals surface area contributed by atoms with E-state index < -0.39 is 42.0 Å². The molecule has 0 spiro atoms. The van der Waals surface area contributed by atoms with Crippen molar-refractivity contribution in [3.05, 3.63) is 59.7 Å². The van der Waals surface area contributed by atoms with Gasteiger partial charge in [-0.2, -0.15) is 13.2 Å². The number of carboxylic acid groups (broad SMARTS) is 1. The fourth-order valence-corrected chi connectivity index (χ4v) is 4.08. The molecule has 3 rings (SSSR count). The number of carboxylic acids is 1. The van der Waals surface area contributed by atoms with Crippen LogP contribution in [0.2, 0.25) is 0 Å².